The van der Waals surface area contributed by atoms with Gasteiger partial charge in [-0.05, 0) is 54.7 Å². The number of nitrogens with zero attached hydrogens (tertiary/aromatic N) is 1. The molecule has 1 heterocycles. The number of rotatable bonds is 6. The van der Waals surface area contributed by atoms with Crippen molar-refractivity contribution in [3.63, 3.8) is 0 Å². The van der Waals surface area contributed by atoms with Crippen LogP contribution >= 0.6 is 0 Å². The maximum Gasteiger partial charge on any atom is 0.264 e. The van der Waals surface area contributed by atoms with E-state index in [-0.39, 0.29) is 16.6 Å². The second kappa shape index (κ2) is 7.60. The molecule has 2 aromatic carbocycles. The topological polar surface area (TPSA) is 85.4 Å². The van der Waals surface area contributed by atoms with Crippen molar-refractivity contribution in [2.24, 2.45) is 0 Å². The summed E-state index contributed by atoms with van der Waals surface area (Å²) in [6.45, 7) is 3.71. The molecule has 1 saturated carbocycles. The Kier molecular flexibility index (Phi) is 5.21. The van der Waals surface area contributed by atoms with Crippen molar-refractivity contribution in [3.05, 3.63) is 65.6 Å². The minimum absolute atomic E-state index is 0.0174. The Morgan fingerprint density at radius 3 is 2.58 bits per heavy atom. The molecule has 0 spiro atoms. The van der Waals surface area contributed by atoms with Crippen molar-refractivity contribution in [2.45, 2.75) is 42.9 Å². The molecule has 8 heteroatoms. The average molecular weight is 443 g/mol. The molecule has 1 amide bonds. The Morgan fingerprint density at radius 1 is 1.19 bits per heavy atom. The number of amides is 1. The summed E-state index contributed by atoms with van der Waals surface area (Å²) < 4.78 is 48.2. The summed E-state index contributed by atoms with van der Waals surface area (Å²) in [7, 11) is -2.74. The lowest BCUT2D eigenvalue weighted by Gasteiger charge is -2.21. The molecule has 1 aliphatic rings. The molecule has 4 rings (SSSR count). The first kappa shape index (κ1) is 21.2. The summed E-state index contributed by atoms with van der Waals surface area (Å²) in [5.74, 6) is -0.924. The first-order chi connectivity index (χ1) is 14.7. The molecule has 1 aromatic heterocycles. The number of nitrogens with one attached hydrogen (secondary N) is 1. The predicted molar refractivity (Wildman–Crippen MR) is 115 cm³/mol. The number of hydrogen-bond donors (Lipinski definition) is 1. The third-order valence-electron chi connectivity index (χ3n) is 5.76. The minimum Gasteiger partial charge on any atom is -0.496 e. The number of sulfonamides is 1. The Morgan fingerprint density at radius 2 is 1.94 bits per heavy atom. The van der Waals surface area contributed by atoms with Gasteiger partial charge in [-0.2, -0.15) is 0 Å². The first-order valence-electron chi connectivity index (χ1n) is 9.98. The molecule has 162 valence electrons. The van der Waals surface area contributed by atoms with E-state index in [0.29, 0.717) is 34.9 Å². The van der Waals surface area contributed by atoms with Gasteiger partial charge in [-0.15, -0.1) is 0 Å². The van der Waals surface area contributed by atoms with Crippen LogP contribution in [-0.4, -0.2) is 26.4 Å². The maximum atomic E-state index is 14.4. The number of fused-ring (bicyclic) bond motifs is 1. The highest BCUT2D eigenvalue weighted by Gasteiger charge is 2.54. The average Bonchev–Trinajstić information content (AvgIpc) is 3.54. The highest BCUT2D eigenvalue weighted by atomic mass is 32.2. The number of ether oxygens (including phenoxy) is 1. The van der Waals surface area contributed by atoms with Gasteiger partial charge < -0.3 is 4.74 Å². The van der Waals surface area contributed by atoms with Crippen molar-refractivity contribution in [1.82, 2.24) is 9.71 Å². The Hall–Kier alpha value is -3.00. The Bertz CT molecular complexity index is 1280. The number of methoxy groups -OCH3 is 1. The standard InChI is InChI=1S/C23H23FN2O4S/c1-14(2)16-12-17(20(30-3)13-18(16)24)23(9-10-23)22(27)26-31(28,29)21-8-4-7-19-15(21)6-5-11-25-19/h4-8,11-14H,9-10H2,1-3H3,(H,26,27). The van der Waals surface area contributed by atoms with Crippen molar-refractivity contribution in [1.29, 1.82) is 0 Å². The van der Waals surface area contributed by atoms with Gasteiger partial charge in [0.1, 0.15) is 11.6 Å². The third kappa shape index (κ3) is 3.65. The van der Waals surface area contributed by atoms with E-state index in [1.54, 1.807) is 36.5 Å². The molecule has 0 aliphatic heterocycles. The van der Waals surface area contributed by atoms with Crippen LogP contribution in [0.25, 0.3) is 10.9 Å². The quantitative estimate of drug-likeness (QED) is 0.623. The highest BCUT2D eigenvalue weighted by Crippen LogP contribution is 2.52. The lowest BCUT2D eigenvalue weighted by molar-refractivity contribution is -0.121. The smallest absolute Gasteiger partial charge is 0.264 e. The third-order valence-corrected chi connectivity index (χ3v) is 7.15. The molecular weight excluding hydrogens is 419 g/mol. The van der Waals surface area contributed by atoms with Gasteiger partial charge in [-0.1, -0.05) is 19.9 Å². The maximum absolute atomic E-state index is 14.4. The van der Waals surface area contributed by atoms with Crippen LogP contribution < -0.4 is 9.46 Å². The zero-order valence-electron chi connectivity index (χ0n) is 17.5. The van der Waals surface area contributed by atoms with E-state index in [4.69, 9.17) is 4.74 Å². The van der Waals surface area contributed by atoms with E-state index in [9.17, 15) is 17.6 Å². The number of aromatic nitrogens is 1. The molecule has 0 unspecified atom stereocenters. The lowest BCUT2D eigenvalue weighted by Crippen LogP contribution is -2.39. The number of benzene rings is 2. The summed E-state index contributed by atoms with van der Waals surface area (Å²) in [6, 6.07) is 10.9. The van der Waals surface area contributed by atoms with E-state index < -0.39 is 27.2 Å². The van der Waals surface area contributed by atoms with Gasteiger partial charge in [0.2, 0.25) is 5.91 Å². The van der Waals surface area contributed by atoms with E-state index >= 15 is 0 Å². The largest absolute Gasteiger partial charge is 0.496 e. The van der Waals surface area contributed by atoms with Crippen LogP contribution in [0.3, 0.4) is 0 Å². The van der Waals surface area contributed by atoms with Crippen LogP contribution in [0.15, 0.2) is 53.6 Å². The predicted octanol–water partition coefficient (Wildman–Crippen LogP) is 4.04. The molecule has 0 atom stereocenters. The summed E-state index contributed by atoms with van der Waals surface area (Å²) >= 11 is 0. The Balaban J connectivity index is 1.73. The van der Waals surface area contributed by atoms with Crippen molar-refractivity contribution in [2.75, 3.05) is 7.11 Å². The number of halogens is 1. The molecule has 3 aromatic rings. The van der Waals surface area contributed by atoms with Gasteiger partial charge in [0, 0.05) is 23.2 Å². The van der Waals surface area contributed by atoms with Crippen molar-refractivity contribution in [3.8, 4) is 5.75 Å². The highest BCUT2D eigenvalue weighted by molar-refractivity contribution is 7.90. The fourth-order valence-corrected chi connectivity index (χ4v) is 5.15. The summed E-state index contributed by atoms with van der Waals surface area (Å²) in [4.78, 5) is 17.4. The van der Waals surface area contributed by atoms with Gasteiger partial charge in [0.15, 0.2) is 0 Å². The molecule has 31 heavy (non-hydrogen) atoms. The van der Waals surface area contributed by atoms with E-state index in [1.807, 2.05) is 13.8 Å². The number of pyridine rings is 1. The fraction of sp³-hybridized carbons (Fsp3) is 0.304. The fourth-order valence-electron chi connectivity index (χ4n) is 3.88. The second-order valence-corrected chi connectivity index (χ2v) is 9.72. The van der Waals surface area contributed by atoms with Crippen LogP contribution in [0.5, 0.6) is 5.75 Å². The molecule has 1 fully saturated rings. The SMILES string of the molecule is COc1cc(F)c(C(C)C)cc1C1(C(=O)NS(=O)(=O)c2cccc3ncccc23)CC1. The van der Waals surface area contributed by atoms with Gasteiger partial charge in [-0.25, -0.2) is 17.5 Å². The number of hydrogen-bond acceptors (Lipinski definition) is 5. The summed E-state index contributed by atoms with van der Waals surface area (Å²) in [5.41, 5.74) is 0.407. The molecule has 0 saturated heterocycles. The normalized spacial score (nSPS) is 15.1. The van der Waals surface area contributed by atoms with Gasteiger partial charge in [-0.3, -0.25) is 9.78 Å². The van der Waals surface area contributed by atoms with Crippen LogP contribution in [0.4, 0.5) is 4.39 Å². The number of carbonyl (C=O) groups excluding carboxylic acids is 1. The van der Waals surface area contributed by atoms with Crippen LogP contribution in [0.1, 0.15) is 43.7 Å². The zero-order valence-corrected chi connectivity index (χ0v) is 18.3. The molecule has 6 nitrogen and oxygen atoms in total. The molecule has 0 bridgehead atoms. The van der Waals surface area contributed by atoms with E-state index in [2.05, 4.69) is 9.71 Å². The lowest BCUT2D eigenvalue weighted by atomic mass is 9.89. The zero-order chi connectivity index (χ0) is 22.4. The molecule has 0 radical (unpaired) electrons. The minimum atomic E-state index is -4.15. The van der Waals surface area contributed by atoms with E-state index in [0.717, 1.165) is 0 Å². The molecular formula is C23H23FN2O4S. The van der Waals surface area contributed by atoms with Gasteiger partial charge in [0.25, 0.3) is 10.0 Å². The van der Waals surface area contributed by atoms with Crippen LogP contribution in [0.2, 0.25) is 0 Å². The molecule has 1 N–H and O–H groups in total. The first-order valence-corrected chi connectivity index (χ1v) is 11.5. The summed E-state index contributed by atoms with van der Waals surface area (Å²) in [6.07, 6.45) is 2.47. The summed E-state index contributed by atoms with van der Waals surface area (Å²) in [5, 5.41) is 0.427. The van der Waals surface area contributed by atoms with Gasteiger partial charge in [0.05, 0.1) is 22.9 Å². The van der Waals surface area contributed by atoms with Crippen molar-refractivity contribution < 1.29 is 22.3 Å². The Labute approximate surface area is 180 Å². The van der Waals surface area contributed by atoms with Crippen molar-refractivity contribution >= 4 is 26.8 Å². The van der Waals surface area contributed by atoms with Crippen LogP contribution in [0, 0.1) is 5.82 Å². The van der Waals surface area contributed by atoms with Gasteiger partial charge >= 0.3 is 0 Å². The van der Waals surface area contributed by atoms with E-state index in [1.165, 1.54) is 19.2 Å². The monoisotopic (exact) mass is 442 g/mol. The molecule has 1 aliphatic carbocycles. The second-order valence-electron chi connectivity index (χ2n) is 8.07. The number of carbonyl (C=O) groups is 1. The van der Waals surface area contributed by atoms with Crippen LogP contribution in [-0.2, 0) is 20.2 Å².